The van der Waals surface area contributed by atoms with Crippen LogP contribution in [0.5, 0.6) is 17.2 Å². The van der Waals surface area contributed by atoms with Crippen molar-refractivity contribution in [2.75, 3.05) is 25.2 Å². The van der Waals surface area contributed by atoms with E-state index in [2.05, 4.69) is 11.0 Å². The van der Waals surface area contributed by atoms with Crippen molar-refractivity contribution in [1.82, 2.24) is 0 Å². The van der Waals surface area contributed by atoms with Gasteiger partial charge in [0.05, 0.1) is 19.4 Å². The Morgan fingerprint density at radius 1 is 1.24 bits per heavy atom. The maximum absolute atomic E-state index is 10.1. The van der Waals surface area contributed by atoms with Gasteiger partial charge in [-0.05, 0) is 30.7 Å². The number of para-hydroxylation sites is 2. The number of phenols is 1. The van der Waals surface area contributed by atoms with Gasteiger partial charge >= 0.3 is 0 Å². The molecule has 0 radical (unpaired) electrons. The van der Waals surface area contributed by atoms with Gasteiger partial charge < -0.3 is 19.5 Å². The van der Waals surface area contributed by atoms with Crippen molar-refractivity contribution in [3.05, 3.63) is 48.0 Å². The zero-order valence-electron chi connectivity index (χ0n) is 12.1. The second-order valence-electron chi connectivity index (χ2n) is 5.09. The number of benzene rings is 2. The zero-order chi connectivity index (χ0) is 14.7. The summed E-state index contributed by atoms with van der Waals surface area (Å²) in [5, 5.41) is 10.1. The Morgan fingerprint density at radius 3 is 2.90 bits per heavy atom. The smallest absolute Gasteiger partial charge is 0.142 e. The first-order valence-electron chi connectivity index (χ1n) is 7.10. The average molecular weight is 285 g/mol. The zero-order valence-corrected chi connectivity index (χ0v) is 12.1. The summed E-state index contributed by atoms with van der Waals surface area (Å²) in [4.78, 5) is 2.24. The van der Waals surface area contributed by atoms with Crippen LogP contribution in [-0.2, 0) is 6.54 Å². The number of hydrogen-bond acceptors (Lipinski definition) is 4. The van der Waals surface area contributed by atoms with Crippen molar-refractivity contribution in [2.45, 2.75) is 13.0 Å². The first-order chi connectivity index (χ1) is 10.3. The highest BCUT2D eigenvalue weighted by Gasteiger charge is 2.17. The van der Waals surface area contributed by atoms with Gasteiger partial charge in [-0.3, -0.25) is 0 Å². The molecule has 1 heterocycles. The number of methoxy groups -OCH3 is 1. The van der Waals surface area contributed by atoms with E-state index in [1.807, 2.05) is 30.3 Å². The molecule has 3 rings (SSSR count). The number of hydrogen-bond donors (Lipinski definition) is 1. The van der Waals surface area contributed by atoms with Crippen LogP contribution in [0.2, 0.25) is 0 Å². The van der Waals surface area contributed by atoms with E-state index in [0.717, 1.165) is 36.6 Å². The van der Waals surface area contributed by atoms with Crippen molar-refractivity contribution in [2.24, 2.45) is 0 Å². The van der Waals surface area contributed by atoms with Crippen LogP contribution in [-0.4, -0.2) is 25.4 Å². The van der Waals surface area contributed by atoms with Crippen LogP contribution in [0, 0.1) is 0 Å². The monoisotopic (exact) mass is 285 g/mol. The molecule has 0 saturated heterocycles. The Morgan fingerprint density at radius 2 is 2.10 bits per heavy atom. The lowest BCUT2D eigenvalue weighted by atomic mass is 10.1. The maximum atomic E-state index is 10.1. The predicted molar refractivity (Wildman–Crippen MR) is 82.3 cm³/mol. The molecule has 110 valence electrons. The molecule has 0 bridgehead atoms. The van der Waals surface area contributed by atoms with Gasteiger partial charge in [0.15, 0.2) is 0 Å². The van der Waals surface area contributed by atoms with Gasteiger partial charge in [0.2, 0.25) is 0 Å². The van der Waals surface area contributed by atoms with Crippen molar-refractivity contribution in [3.8, 4) is 17.2 Å². The molecule has 0 aliphatic carbocycles. The molecule has 0 spiro atoms. The molecular weight excluding hydrogens is 266 g/mol. The minimum Gasteiger partial charge on any atom is -0.507 e. The molecule has 1 aliphatic rings. The fourth-order valence-corrected chi connectivity index (χ4v) is 2.57. The predicted octanol–water partition coefficient (Wildman–Crippen LogP) is 3.19. The van der Waals surface area contributed by atoms with Crippen LogP contribution in [0.1, 0.15) is 12.0 Å². The Balaban J connectivity index is 1.87. The molecule has 1 N–H and O–H groups in total. The van der Waals surface area contributed by atoms with Gasteiger partial charge in [0.1, 0.15) is 17.2 Å². The highest BCUT2D eigenvalue weighted by atomic mass is 16.5. The third-order valence-electron chi connectivity index (χ3n) is 3.69. The van der Waals surface area contributed by atoms with Gasteiger partial charge in [-0.2, -0.15) is 0 Å². The van der Waals surface area contributed by atoms with E-state index >= 15 is 0 Å². The fourth-order valence-electron chi connectivity index (χ4n) is 2.57. The molecule has 21 heavy (non-hydrogen) atoms. The Kier molecular flexibility index (Phi) is 3.86. The lowest BCUT2D eigenvalue weighted by Gasteiger charge is -2.24. The van der Waals surface area contributed by atoms with E-state index in [9.17, 15) is 5.11 Å². The SMILES string of the molecule is COc1ccc(CN2CCCOc3ccccc32)c(O)c1. The standard InChI is InChI=1S/C17H19NO3/c1-20-14-8-7-13(16(19)11-14)12-18-9-4-10-21-17-6-3-2-5-15(17)18/h2-3,5-8,11,19H,4,9-10,12H2,1H3. The fraction of sp³-hybridized carbons (Fsp3) is 0.294. The molecule has 0 amide bonds. The summed E-state index contributed by atoms with van der Waals surface area (Å²) in [5.41, 5.74) is 1.96. The lowest BCUT2D eigenvalue weighted by molar-refractivity contribution is 0.322. The molecule has 0 saturated carbocycles. The summed E-state index contributed by atoms with van der Waals surface area (Å²) < 4.78 is 10.9. The van der Waals surface area contributed by atoms with Crippen LogP contribution in [0.3, 0.4) is 0 Å². The number of rotatable bonds is 3. The van der Waals surface area contributed by atoms with E-state index in [-0.39, 0.29) is 5.75 Å². The van der Waals surface area contributed by atoms with Gasteiger partial charge in [0.25, 0.3) is 0 Å². The van der Waals surface area contributed by atoms with E-state index < -0.39 is 0 Å². The molecular formula is C17H19NO3. The summed E-state index contributed by atoms with van der Waals surface area (Å²) in [6.45, 7) is 2.28. The summed E-state index contributed by atoms with van der Waals surface area (Å²) in [7, 11) is 1.59. The van der Waals surface area contributed by atoms with Gasteiger partial charge in [-0.1, -0.05) is 12.1 Å². The van der Waals surface area contributed by atoms with Gasteiger partial charge in [0, 0.05) is 24.7 Å². The Bertz CT molecular complexity index is 627. The Hall–Kier alpha value is -2.36. The minimum atomic E-state index is 0.261. The molecule has 1 aliphatic heterocycles. The molecule has 0 atom stereocenters. The summed E-state index contributed by atoms with van der Waals surface area (Å²) in [6.07, 6.45) is 0.964. The lowest BCUT2D eigenvalue weighted by Crippen LogP contribution is -2.23. The van der Waals surface area contributed by atoms with Gasteiger partial charge in [-0.15, -0.1) is 0 Å². The third-order valence-corrected chi connectivity index (χ3v) is 3.69. The van der Waals surface area contributed by atoms with Crippen LogP contribution in [0.25, 0.3) is 0 Å². The van der Waals surface area contributed by atoms with E-state index in [4.69, 9.17) is 9.47 Å². The van der Waals surface area contributed by atoms with Crippen molar-refractivity contribution >= 4 is 5.69 Å². The summed E-state index contributed by atoms with van der Waals surface area (Å²) >= 11 is 0. The molecule has 2 aromatic rings. The van der Waals surface area contributed by atoms with E-state index in [1.165, 1.54) is 0 Å². The summed E-state index contributed by atoms with van der Waals surface area (Å²) in [6, 6.07) is 13.5. The van der Waals surface area contributed by atoms with Crippen molar-refractivity contribution in [1.29, 1.82) is 0 Å². The normalized spacial score (nSPS) is 14.0. The number of fused-ring (bicyclic) bond motifs is 1. The molecule has 4 heteroatoms. The Labute approximate surface area is 124 Å². The maximum Gasteiger partial charge on any atom is 0.142 e. The molecule has 2 aromatic carbocycles. The topological polar surface area (TPSA) is 41.9 Å². The van der Waals surface area contributed by atoms with Crippen LogP contribution < -0.4 is 14.4 Å². The molecule has 0 unspecified atom stereocenters. The second kappa shape index (κ2) is 5.95. The summed E-state index contributed by atoms with van der Waals surface area (Å²) in [5.74, 6) is 1.83. The number of nitrogens with zero attached hydrogens (tertiary/aromatic N) is 1. The first kappa shape index (κ1) is 13.6. The number of anilines is 1. The third kappa shape index (κ3) is 2.89. The first-order valence-corrected chi connectivity index (χ1v) is 7.10. The van der Waals surface area contributed by atoms with Crippen LogP contribution in [0.4, 0.5) is 5.69 Å². The highest BCUT2D eigenvalue weighted by molar-refractivity contribution is 5.59. The molecule has 0 aromatic heterocycles. The van der Waals surface area contributed by atoms with E-state index in [0.29, 0.717) is 12.3 Å². The molecule has 4 nitrogen and oxygen atoms in total. The number of phenolic OH excluding ortho intramolecular Hbond substituents is 1. The van der Waals surface area contributed by atoms with Gasteiger partial charge in [-0.25, -0.2) is 0 Å². The van der Waals surface area contributed by atoms with E-state index in [1.54, 1.807) is 13.2 Å². The quantitative estimate of drug-likeness (QED) is 0.940. The minimum absolute atomic E-state index is 0.261. The van der Waals surface area contributed by atoms with Crippen molar-refractivity contribution < 1.29 is 14.6 Å². The largest absolute Gasteiger partial charge is 0.507 e. The number of aromatic hydroxyl groups is 1. The van der Waals surface area contributed by atoms with Crippen LogP contribution >= 0.6 is 0 Å². The van der Waals surface area contributed by atoms with Crippen LogP contribution in [0.15, 0.2) is 42.5 Å². The molecule has 0 fully saturated rings. The second-order valence-corrected chi connectivity index (χ2v) is 5.09. The highest BCUT2D eigenvalue weighted by Crippen LogP contribution is 2.33. The van der Waals surface area contributed by atoms with Crippen molar-refractivity contribution in [3.63, 3.8) is 0 Å². The average Bonchev–Trinajstić information content (AvgIpc) is 2.72. The number of ether oxygens (including phenoxy) is 2.